The minimum absolute atomic E-state index is 0.00467. The Bertz CT molecular complexity index is 1400. The van der Waals surface area contributed by atoms with E-state index in [1.807, 2.05) is 0 Å². The first-order valence-electron chi connectivity index (χ1n) is 37.9. The SMILES string of the molecule is CCCCC/C=C\C/C=C\CCCCCCCCCC(=O)OCCCCCCCCCCC/C=C\C/C=C\CCCCCCCCCCCCCCCC(=O)NC(CO)C(O)CCCCCCCCCCCCCCCCCCCCCCC. The predicted octanol–water partition coefficient (Wildman–Crippen LogP) is 24.8. The molecule has 0 aliphatic heterocycles. The van der Waals surface area contributed by atoms with Gasteiger partial charge in [-0.25, -0.2) is 0 Å². The van der Waals surface area contributed by atoms with E-state index in [2.05, 4.69) is 67.8 Å². The van der Waals surface area contributed by atoms with Crippen LogP contribution in [0.15, 0.2) is 48.6 Å². The molecule has 0 radical (unpaired) electrons. The van der Waals surface area contributed by atoms with Gasteiger partial charge in [0, 0.05) is 12.8 Å². The molecule has 0 heterocycles. The molecule has 0 saturated carbocycles. The monoisotopic (exact) mass is 1180 g/mol. The van der Waals surface area contributed by atoms with Gasteiger partial charge in [0.05, 0.1) is 25.4 Å². The lowest BCUT2D eigenvalue weighted by molar-refractivity contribution is -0.143. The van der Waals surface area contributed by atoms with Crippen LogP contribution in [-0.2, 0) is 14.3 Å². The van der Waals surface area contributed by atoms with Crippen LogP contribution in [0.5, 0.6) is 0 Å². The van der Waals surface area contributed by atoms with E-state index in [1.165, 1.54) is 321 Å². The normalized spacial score (nSPS) is 12.8. The van der Waals surface area contributed by atoms with Gasteiger partial charge in [-0.05, 0) is 89.9 Å². The highest BCUT2D eigenvalue weighted by atomic mass is 16.5. The first-order chi connectivity index (χ1) is 41.5. The minimum atomic E-state index is -0.667. The lowest BCUT2D eigenvalue weighted by atomic mass is 10.0. The maximum atomic E-state index is 12.6. The molecule has 0 aliphatic carbocycles. The van der Waals surface area contributed by atoms with Crippen LogP contribution in [0.2, 0.25) is 0 Å². The summed E-state index contributed by atoms with van der Waals surface area (Å²) in [5.41, 5.74) is 0. The molecule has 3 N–H and O–H groups in total. The number of carbonyl (C=O) groups is 2. The second-order valence-electron chi connectivity index (χ2n) is 26.0. The zero-order valence-corrected chi connectivity index (χ0v) is 56.6. The fourth-order valence-electron chi connectivity index (χ4n) is 11.8. The van der Waals surface area contributed by atoms with Gasteiger partial charge in [0.2, 0.25) is 5.91 Å². The average molecular weight is 1180 g/mol. The lowest BCUT2D eigenvalue weighted by Crippen LogP contribution is -2.45. The van der Waals surface area contributed by atoms with Crippen LogP contribution < -0.4 is 5.32 Å². The van der Waals surface area contributed by atoms with E-state index >= 15 is 0 Å². The maximum Gasteiger partial charge on any atom is 0.305 e. The summed E-state index contributed by atoms with van der Waals surface area (Å²) in [6.07, 6.45) is 96.0. The number of hydrogen-bond acceptors (Lipinski definition) is 5. The summed E-state index contributed by atoms with van der Waals surface area (Å²) in [4.78, 5) is 24.7. The van der Waals surface area contributed by atoms with Gasteiger partial charge in [-0.15, -0.1) is 0 Å². The van der Waals surface area contributed by atoms with Gasteiger partial charge in [-0.2, -0.15) is 0 Å². The van der Waals surface area contributed by atoms with Crippen molar-refractivity contribution in [2.24, 2.45) is 0 Å². The zero-order chi connectivity index (χ0) is 60.6. The summed E-state index contributed by atoms with van der Waals surface area (Å²) in [6, 6.07) is -0.544. The lowest BCUT2D eigenvalue weighted by Gasteiger charge is -2.22. The van der Waals surface area contributed by atoms with Crippen LogP contribution in [0.1, 0.15) is 412 Å². The number of unbranched alkanes of at least 4 members (excludes halogenated alkanes) is 52. The van der Waals surface area contributed by atoms with E-state index in [0.717, 1.165) is 57.8 Å². The van der Waals surface area contributed by atoms with Gasteiger partial charge in [0.1, 0.15) is 0 Å². The van der Waals surface area contributed by atoms with Gasteiger partial charge in [0.25, 0.3) is 0 Å². The van der Waals surface area contributed by atoms with Crippen LogP contribution >= 0.6 is 0 Å². The van der Waals surface area contributed by atoms with Crippen LogP contribution in [-0.4, -0.2) is 47.4 Å². The highest BCUT2D eigenvalue weighted by Gasteiger charge is 2.20. The Morgan fingerprint density at radius 1 is 0.333 bits per heavy atom. The first kappa shape index (κ1) is 81.8. The largest absolute Gasteiger partial charge is 0.466 e. The number of aliphatic hydroxyl groups excluding tert-OH is 2. The number of esters is 1. The van der Waals surface area contributed by atoms with E-state index < -0.39 is 12.1 Å². The van der Waals surface area contributed by atoms with Crippen molar-refractivity contribution < 1.29 is 24.5 Å². The van der Waals surface area contributed by atoms with Gasteiger partial charge in [-0.3, -0.25) is 9.59 Å². The third-order valence-corrected chi connectivity index (χ3v) is 17.6. The van der Waals surface area contributed by atoms with Crippen molar-refractivity contribution in [2.45, 2.75) is 424 Å². The van der Waals surface area contributed by atoms with Gasteiger partial charge in [0.15, 0.2) is 0 Å². The van der Waals surface area contributed by atoms with Crippen LogP contribution in [0, 0.1) is 0 Å². The molecule has 2 unspecified atom stereocenters. The maximum absolute atomic E-state index is 12.6. The number of allylic oxidation sites excluding steroid dienone is 8. The number of aliphatic hydroxyl groups is 2. The number of hydrogen-bond donors (Lipinski definition) is 3. The standard InChI is InChI=1S/C78H147NO5/c1-3-5-7-9-11-13-15-17-19-21-22-32-35-39-42-46-50-54-58-62-66-70-76(81)75(74-80)79-77(82)71-67-63-59-55-51-47-43-40-36-33-30-28-26-24-23-25-27-29-31-34-37-41-45-49-53-57-61-65-69-73-84-78(83)72-68-64-60-56-52-48-44-38-20-18-16-14-12-10-8-6-4-2/h12,14,18,20,23,25,29,31,75-76,80-81H,3-11,13,15-17,19,21-22,24,26-28,30,32-74H2,1-2H3,(H,79,82)/b14-12-,20-18-,25-23-,31-29-. The summed E-state index contributed by atoms with van der Waals surface area (Å²) < 4.78 is 5.50. The molecule has 6 nitrogen and oxygen atoms in total. The Morgan fingerprint density at radius 3 is 0.929 bits per heavy atom. The molecule has 0 aromatic carbocycles. The fourth-order valence-corrected chi connectivity index (χ4v) is 11.8. The van der Waals surface area contributed by atoms with E-state index in [1.54, 1.807) is 0 Å². The summed E-state index contributed by atoms with van der Waals surface area (Å²) >= 11 is 0. The summed E-state index contributed by atoms with van der Waals surface area (Å²) in [5, 5.41) is 23.4. The van der Waals surface area contributed by atoms with Crippen molar-refractivity contribution in [1.29, 1.82) is 0 Å². The molecule has 0 spiro atoms. The number of ether oxygens (including phenoxy) is 1. The van der Waals surface area contributed by atoms with E-state index in [-0.39, 0.29) is 18.5 Å². The molecule has 6 heteroatoms. The molecule has 0 bridgehead atoms. The quantitative estimate of drug-likeness (QED) is 0.0320. The summed E-state index contributed by atoms with van der Waals surface area (Å²) in [7, 11) is 0. The van der Waals surface area contributed by atoms with Crippen molar-refractivity contribution in [3.63, 3.8) is 0 Å². The number of rotatable bonds is 71. The Kier molecular flexibility index (Phi) is 71.4. The molecule has 494 valence electrons. The molecule has 2 atom stereocenters. The number of amides is 1. The highest BCUT2D eigenvalue weighted by Crippen LogP contribution is 2.19. The zero-order valence-electron chi connectivity index (χ0n) is 56.6. The topological polar surface area (TPSA) is 95.9 Å². The molecule has 0 fully saturated rings. The molecular formula is C78H147NO5. The molecule has 0 saturated heterocycles. The fraction of sp³-hybridized carbons (Fsp3) is 0.872. The van der Waals surface area contributed by atoms with Gasteiger partial charge in [-0.1, -0.05) is 358 Å². The molecular weight excluding hydrogens is 1030 g/mol. The Morgan fingerprint density at radius 2 is 0.595 bits per heavy atom. The molecule has 0 aromatic rings. The van der Waals surface area contributed by atoms with Crippen molar-refractivity contribution >= 4 is 11.9 Å². The molecule has 0 aromatic heterocycles. The minimum Gasteiger partial charge on any atom is -0.466 e. The number of carbonyl (C=O) groups excluding carboxylic acids is 2. The summed E-state index contributed by atoms with van der Waals surface area (Å²) in [6.45, 7) is 4.96. The van der Waals surface area contributed by atoms with Crippen LogP contribution in [0.25, 0.3) is 0 Å². The highest BCUT2D eigenvalue weighted by molar-refractivity contribution is 5.76. The average Bonchev–Trinajstić information content (AvgIpc) is 3.51. The van der Waals surface area contributed by atoms with Crippen molar-refractivity contribution in [3.8, 4) is 0 Å². The Balaban J connectivity index is 3.41. The molecule has 0 rings (SSSR count). The third-order valence-electron chi connectivity index (χ3n) is 17.6. The smallest absolute Gasteiger partial charge is 0.305 e. The van der Waals surface area contributed by atoms with Gasteiger partial charge >= 0.3 is 5.97 Å². The van der Waals surface area contributed by atoms with Crippen LogP contribution in [0.3, 0.4) is 0 Å². The van der Waals surface area contributed by atoms with E-state index in [9.17, 15) is 19.8 Å². The van der Waals surface area contributed by atoms with Crippen LogP contribution in [0.4, 0.5) is 0 Å². The summed E-state index contributed by atoms with van der Waals surface area (Å²) in [5.74, 6) is -0.0273. The second kappa shape index (κ2) is 73.3. The van der Waals surface area contributed by atoms with Gasteiger partial charge < -0.3 is 20.3 Å². The predicted molar refractivity (Wildman–Crippen MR) is 370 cm³/mol. The first-order valence-corrected chi connectivity index (χ1v) is 37.9. The van der Waals surface area contributed by atoms with E-state index in [0.29, 0.717) is 25.9 Å². The third kappa shape index (κ3) is 68.9. The second-order valence-corrected chi connectivity index (χ2v) is 26.0. The Hall–Kier alpha value is -2.18. The molecule has 0 aliphatic rings. The molecule has 1 amide bonds. The Labute approximate surface area is 525 Å². The van der Waals surface area contributed by atoms with Crippen molar-refractivity contribution in [3.05, 3.63) is 48.6 Å². The number of nitrogens with one attached hydrogen (secondary N) is 1. The molecule has 84 heavy (non-hydrogen) atoms. The van der Waals surface area contributed by atoms with Crippen molar-refractivity contribution in [1.82, 2.24) is 5.32 Å². The van der Waals surface area contributed by atoms with Crippen molar-refractivity contribution in [2.75, 3.05) is 13.2 Å². The van der Waals surface area contributed by atoms with E-state index in [4.69, 9.17) is 4.74 Å².